The fourth-order valence-electron chi connectivity index (χ4n) is 5.82. The van der Waals surface area contributed by atoms with E-state index in [1.54, 1.807) is 19.1 Å². The van der Waals surface area contributed by atoms with Crippen molar-refractivity contribution in [2.24, 2.45) is 23.2 Å². The first-order valence-corrected chi connectivity index (χ1v) is 10.2. The minimum absolute atomic E-state index is 0.164. The van der Waals surface area contributed by atoms with Gasteiger partial charge in [-0.05, 0) is 87.3 Å². The lowest BCUT2D eigenvalue weighted by atomic mass is 9.49. The first kappa shape index (κ1) is 18.5. The van der Waals surface area contributed by atoms with Gasteiger partial charge in [0.1, 0.15) is 5.82 Å². The predicted octanol–water partition coefficient (Wildman–Crippen LogP) is 3.63. The van der Waals surface area contributed by atoms with Crippen LogP contribution in [0, 0.1) is 29.0 Å². The van der Waals surface area contributed by atoms with Crippen molar-refractivity contribution in [1.29, 1.82) is 0 Å². The van der Waals surface area contributed by atoms with E-state index in [2.05, 4.69) is 5.32 Å². The molecular formula is C22H28FNO3. The van der Waals surface area contributed by atoms with Crippen molar-refractivity contribution in [1.82, 2.24) is 5.32 Å². The number of ether oxygens (including phenoxy) is 1. The number of halogens is 1. The number of carbonyl (C=O) groups is 2. The van der Waals surface area contributed by atoms with E-state index in [-0.39, 0.29) is 23.1 Å². The lowest BCUT2D eigenvalue weighted by Crippen LogP contribution is -2.51. The summed E-state index contributed by atoms with van der Waals surface area (Å²) < 4.78 is 18.5. The number of esters is 1. The molecule has 1 N–H and O–H groups in total. The summed E-state index contributed by atoms with van der Waals surface area (Å²) in [5.74, 6) is 1.31. The van der Waals surface area contributed by atoms with E-state index < -0.39 is 6.10 Å². The second-order valence-electron chi connectivity index (χ2n) is 8.91. The van der Waals surface area contributed by atoms with Gasteiger partial charge in [-0.1, -0.05) is 12.1 Å². The molecule has 0 radical (unpaired) electrons. The van der Waals surface area contributed by atoms with Crippen LogP contribution in [0.1, 0.15) is 51.0 Å². The summed E-state index contributed by atoms with van der Waals surface area (Å²) in [6, 6.07) is 6.23. The molecule has 0 unspecified atom stereocenters. The summed E-state index contributed by atoms with van der Waals surface area (Å²) in [5, 5.41) is 2.81. The number of carbonyl (C=O) groups excluding carboxylic acids is 2. The molecule has 4 saturated carbocycles. The fourth-order valence-corrected chi connectivity index (χ4v) is 5.82. The highest BCUT2D eigenvalue weighted by Crippen LogP contribution is 2.60. The van der Waals surface area contributed by atoms with Crippen LogP contribution in [0.3, 0.4) is 0 Å². The van der Waals surface area contributed by atoms with Gasteiger partial charge in [0.2, 0.25) is 0 Å². The third-order valence-corrected chi connectivity index (χ3v) is 6.75. The minimum Gasteiger partial charge on any atom is -0.452 e. The van der Waals surface area contributed by atoms with Gasteiger partial charge >= 0.3 is 5.97 Å². The smallest absolute Gasteiger partial charge is 0.312 e. The van der Waals surface area contributed by atoms with Gasteiger partial charge in [0, 0.05) is 6.54 Å². The molecule has 1 atom stereocenters. The molecule has 27 heavy (non-hydrogen) atoms. The first-order chi connectivity index (χ1) is 12.9. The Kier molecular flexibility index (Phi) is 4.95. The zero-order valence-corrected chi connectivity index (χ0v) is 15.9. The molecule has 0 aliphatic heterocycles. The molecule has 4 aliphatic carbocycles. The predicted molar refractivity (Wildman–Crippen MR) is 99.3 cm³/mol. The van der Waals surface area contributed by atoms with Crippen molar-refractivity contribution < 1.29 is 18.7 Å². The Labute approximate surface area is 159 Å². The third kappa shape index (κ3) is 3.87. The van der Waals surface area contributed by atoms with Crippen LogP contribution in [0.4, 0.5) is 4.39 Å². The van der Waals surface area contributed by atoms with E-state index in [4.69, 9.17) is 4.74 Å². The van der Waals surface area contributed by atoms with Gasteiger partial charge in [-0.15, -0.1) is 0 Å². The maximum absolute atomic E-state index is 12.9. The lowest BCUT2D eigenvalue weighted by Gasteiger charge is -2.55. The standard InChI is InChI=1S/C22H28FNO3/c1-14(20(25)24-7-6-15-2-4-19(23)5-3-15)27-21(26)22-11-16-8-17(12-22)10-18(9-16)13-22/h2-5,14,16-18H,6-13H2,1H3,(H,24,25)/t14-,16?,17?,18?,22?/m1/s1. The van der Waals surface area contributed by atoms with Gasteiger partial charge in [0.05, 0.1) is 5.41 Å². The molecule has 0 heterocycles. The Bertz CT molecular complexity index is 679. The van der Waals surface area contributed by atoms with Crippen LogP contribution < -0.4 is 5.32 Å². The number of hydrogen-bond acceptors (Lipinski definition) is 3. The largest absolute Gasteiger partial charge is 0.452 e. The second kappa shape index (κ2) is 7.25. The van der Waals surface area contributed by atoms with Crippen molar-refractivity contribution in [3.63, 3.8) is 0 Å². The van der Waals surface area contributed by atoms with Gasteiger partial charge < -0.3 is 10.1 Å². The molecule has 4 nitrogen and oxygen atoms in total. The van der Waals surface area contributed by atoms with Crippen LogP contribution in [0.15, 0.2) is 24.3 Å². The summed E-state index contributed by atoms with van der Waals surface area (Å²) in [6.45, 7) is 2.08. The molecule has 4 bridgehead atoms. The zero-order valence-electron chi connectivity index (χ0n) is 15.9. The number of nitrogens with one attached hydrogen (secondary N) is 1. The van der Waals surface area contributed by atoms with Crippen LogP contribution in [-0.2, 0) is 20.7 Å². The number of benzene rings is 1. The zero-order chi connectivity index (χ0) is 19.0. The number of rotatable bonds is 6. The van der Waals surface area contributed by atoms with E-state index in [9.17, 15) is 14.0 Å². The first-order valence-electron chi connectivity index (χ1n) is 10.2. The van der Waals surface area contributed by atoms with Crippen molar-refractivity contribution in [2.45, 2.75) is 58.0 Å². The molecule has 0 spiro atoms. The third-order valence-electron chi connectivity index (χ3n) is 6.75. The SMILES string of the molecule is C[C@@H](OC(=O)C12CC3CC(CC(C3)C1)C2)C(=O)NCCc1ccc(F)cc1. The van der Waals surface area contributed by atoms with E-state index in [0.717, 1.165) is 24.8 Å². The van der Waals surface area contributed by atoms with Gasteiger partial charge in [-0.25, -0.2) is 4.39 Å². The Balaban J connectivity index is 1.27. The monoisotopic (exact) mass is 373 g/mol. The topological polar surface area (TPSA) is 55.4 Å². The molecule has 146 valence electrons. The molecule has 1 aromatic rings. The van der Waals surface area contributed by atoms with E-state index in [1.807, 2.05) is 0 Å². The fraction of sp³-hybridized carbons (Fsp3) is 0.636. The highest BCUT2D eigenvalue weighted by atomic mass is 19.1. The summed E-state index contributed by atoms with van der Waals surface area (Å²) in [5.41, 5.74) is 0.618. The lowest BCUT2D eigenvalue weighted by molar-refractivity contribution is -0.178. The molecular weight excluding hydrogens is 345 g/mol. The Morgan fingerprint density at radius 2 is 1.67 bits per heavy atom. The van der Waals surface area contributed by atoms with E-state index in [1.165, 1.54) is 31.4 Å². The van der Waals surface area contributed by atoms with Gasteiger partial charge in [0.25, 0.3) is 5.91 Å². The maximum Gasteiger partial charge on any atom is 0.312 e. The van der Waals surface area contributed by atoms with E-state index >= 15 is 0 Å². The van der Waals surface area contributed by atoms with Crippen molar-refractivity contribution in [3.8, 4) is 0 Å². The summed E-state index contributed by atoms with van der Waals surface area (Å²) in [6.07, 6.45) is 6.47. The molecule has 5 heteroatoms. The van der Waals surface area contributed by atoms with Gasteiger partial charge in [-0.2, -0.15) is 0 Å². The average Bonchev–Trinajstić information content (AvgIpc) is 2.62. The molecule has 0 aromatic heterocycles. The molecule has 1 amide bonds. The molecule has 0 saturated heterocycles. The summed E-state index contributed by atoms with van der Waals surface area (Å²) in [7, 11) is 0. The quantitative estimate of drug-likeness (QED) is 0.775. The number of hydrogen-bond donors (Lipinski definition) is 1. The second-order valence-corrected chi connectivity index (χ2v) is 8.91. The van der Waals surface area contributed by atoms with Crippen LogP contribution in [-0.4, -0.2) is 24.5 Å². The van der Waals surface area contributed by atoms with Crippen molar-refractivity contribution in [2.75, 3.05) is 6.54 Å². The Morgan fingerprint density at radius 3 is 2.22 bits per heavy atom. The minimum atomic E-state index is -0.779. The van der Waals surface area contributed by atoms with Crippen molar-refractivity contribution >= 4 is 11.9 Å². The highest BCUT2D eigenvalue weighted by Gasteiger charge is 2.55. The van der Waals surface area contributed by atoms with Gasteiger partial charge in [-0.3, -0.25) is 9.59 Å². The van der Waals surface area contributed by atoms with Crippen LogP contribution in [0.25, 0.3) is 0 Å². The summed E-state index contributed by atoms with van der Waals surface area (Å²) >= 11 is 0. The Morgan fingerprint density at radius 1 is 1.11 bits per heavy atom. The van der Waals surface area contributed by atoms with Gasteiger partial charge in [0.15, 0.2) is 6.10 Å². The van der Waals surface area contributed by atoms with Crippen LogP contribution in [0.2, 0.25) is 0 Å². The summed E-state index contributed by atoms with van der Waals surface area (Å²) in [4.78, 5) is 25.2. The highest BCUT2D eigenvalue weighted by molar-refractivity contribution is 5.85. The van der Waals surface area contributed by atoms with Crippen LogP contribution in [0.5, 0.6) is 0 Å². The molecule has 4 aliphatic rings. The van der Waals surface area contributed by atoms with Crippen LogP contribution >= 0.6 is 0 Å². The van der Waals surface area contributed by atoms with E-state index in [0.29, 0.717) is 30.7 Å². The molecule has 1 aromatic carbocycles. The van der Waals surface area contributed by atoms with Crippen molar-refractivity contribution in [3.05, 3.63) is 35.6 Å². The Hall–Kier alpha value is -1.91. The average molecular weight is 373 g/mol. The molecule has 4 fully saturated rings. The normalized spacial score (nSPS) is 32.1. The number of amides is 1. The maximum atomic E-state index is 12.9. The molecule has 5 rings (SSSR count).